The molecule has 0 bridgehead atoms. The highest BCUT2D eigenvalue weighted by Gasteiger charge is 2.21. The summed E-state index contributed by atoms with van der Waals surface area (Å²) in [6.45, 7) is 5.85. The molecule has 4 N–H and O–H groups in total. The summed E-state index contributed by atoms with van der Waals surface area (Å²) in [5.74, 6) is 0.420. The Balaban J connectivity index is 2.49. The van der Waals surface area contributed by atoms with E-state index >= 15 is 0 Å². The second-order valence-corrected chi connectivity index (χ2v) is 5.60. The van der Waals surface area contributed by atoms with Crippen LogP contribution in [0.15, 0.2) is 24.3 Å². The minimum Gasteiger partial charge on any atom is -0.490 e. The van der Waals surface area contributed by atoms with Gasteiger partial charge in [0.2, 0.25) is 0 Å². The molecule has 0 aromatic heterocycles. The Bertz CT molecular complexity index is 445. The predicted octanol–water partition coefficient (Wildman–Crippen LogP) is -0.0368. The molecule has 1 atom stereocenters. The molecule has 0 amide bonds. The Morgan fingerprint density at radius 2 is 2.05 bits per heavy atom. The molecule has 0 saturated carbocycles. The van der Waals surface area contributed by atoms with Crippen molar-refractivity contribution in [3.63, 3.8) is 0 Å². The number of nitrogens with two attached hydrogens (primary N) is 1. The first kappa shape index (κ1) is 16.6. The van der Waals surface area contributed by atoms with E-state index in [2.05, 4.69) is 0 Å². The summed E-state index contributed by atoms with van der Waals surface area (Å²) < 4.78 is 5.51. The molecule has 0 aliphatic carbocycles. The molecule has 1 aromatic carbocycles. The minimum absolute atomic E-state index is 0.0355. The van der Waals surface area contributed by atoms with Crippen LogP contribution in [0.5, 0.6) is 5.75 Å². The first-order valence-corrected chi connectivity index (χ1v) is 6.72. The maximum atomic E-state index is 11.4. The Hall–Kier alpha value is -1.43. The molecule has 0 saturated heterocycles. The largest absolute Gasteiger partial charge is 0.490 e. The Morgan fingerprint density at radius 1 is 1.40 bits per heavy atom. The van der Waals surface area contributed by atoms with E-state index in [0.717, 1.165) is 0 Å². The van der Waals surface area contributed by atoms with E-state index in [0.29, 0.717) is 17.9 Å². The van der Waals surface area contributed by atoms with E-state index in [1.54, 1.807) is 24.3 Å². The van der Waals surface area contributed by atoms with Gasteiger partial charge in [-0.25, -0.2) is 0 Å². The third kappa shape index (κ3) is 5.28. The van der Waals surface area contributed by atoms with Gasteiger partial charge in [-0.3, -0.25) is 4.79 Å². The van der Waals surface area contributed by atoms with Crippen LogP contribution >= 0.6 is 0 Å². The normalized spacial score (nSPS) is 13.1. The van der Waals surface area contributed by atoms with Crippen LogP contribution in [-0.4, -0.2) is 47.4 Å². The number of ketones is 1. The lowest BCUT2D eigenvalue weighted by Gasteiger charge is -2.22. The number of carbonyl (C=O) groups is 1. The highest BCUT2D eigenvalue weighted by Crippen LogP contribution is 2.18. The van der Waals surface area contributed by atoms with E-state index in [4.69, 9.17) is 9.84 Å². The Labute approximate surface area is 119 Å². The Kier molecular flexibility index (Phi) is 6.13. The maximum absolute atomic E-state index is 11.4. The molecule has 0 heterocycles. The van der Waals surface area contributed by atoms with Crippen LogP contribution in [0.25, 0.3) is 0 Å². The molecule has 112 valence electrons. The van der Waals surface area contributed by atoms with Crippen LogP contribution in [0.2, 0.25) is 0 Å². The van der Waals surface area contributed by atoms with Gasteiger partial charge >= 0.3 is 0 Å². The van der Waals surface area contributed by atoms with Crippen molar-refractivity contribution < 1.29 is 25.1 Å². The standard InChI is InChI=1S/C15H23NO4/c1-11(18)13-6-4-5-7-14(13)20-9-12(19)8-16-15(2,3)10-17/h4-7,12,16-17,19H,8-10H2,1-3H3/p+1/t12-/m0/s1. The van der Waals surface area contributed by atoms with E-state index in [9.17, 15) is 9.90 Å². The molecular weight excluding hydrogens is 258 g/mol. The van der Waals surface area contributed by atoms with Gasteiger partial charge in [0.05, 0.1) is 12.2 Å². The van der Waals surface area contributed by atoms with Gasteiger partial charge in [-0.1, -0.05) is 12.1 Å². The average Bonchev–Trinajstić information content (AvgIpc) is 2.43. The zero-order chi connectivity index (χ0) is 15.2. The van der Waals surface area contributed by atoms with Crippen molar-refractivity contribution in [3.8, 4) is 5.75 Å². The summed E-state index contributed by atoms with van der Waals surface area (Å²) in [5.41, 5.74) is 0.192. The first-order valence-electron chi connectivity index (χ1n) is 6.72. The van der Waals surface area contributed by atoms with Crippen molar-refractivity contribution in [1.82, 2.24) is 0 Å². The number of quaternary nitrogens is 1. The van der Waals surface area contributed by atoms with Crippen LogP contribution in [0.4, 0.5) is 0 Å². The predicted molar refractivity (Wildman–Crippen MR) is 75.9 cm³/mol. The number of Topliss-reactive ketones (excluding diaryl/α,β-unsaturated/α-hetero) is 1. The van der Waals surface area contributed by atoms with Crippen molar-refractivity contribution >= 4 is 5.78 Å². The molecule has 0 radical (unpaired) electrons. The van der Waals surface area contributed by atoms with E-state index in [1.165, 1.54) is 6.92 Å². The van der Waals surface area contributed by atoms with Gasteiger partial charge in [-0.05, 0) is 32.9 Å². The molecule has 20 heavy (non-hydrogen) atoms. The smallest absolute Gasteiger partial charge is 0.163 e. The van der Waals surface area contributed by atoms with Gasteiger partial charge in [0, 0.05) is 0 Å². The molecular formula is C15H24NO4+. The van der Waals surface area contributed by atoms with Crippen LogP contribution in [0.1, 0.15) is 31.1 Å². The molecule has 0 aliphatic heterocycles. The van der Waals surface area contributed by atoms with Crippen molar-refractivity contribution in [1.29, 1.82) is 0 Å². The molecule has 5 nitrogen and oxygen atoms in total. The third-order valence-electron chi connectivity index (χ3n) is 3.05. The molecule has 0 unspecified atom stereocenters. The lowest BCUT2D eigenvalue weighted by Crippen LogP contribution is -2.97. The maximum Gasteiger partial charge on any atom is 0.163 e. The van der Waals surface area contributed by atoms with Gasteiger partial charge in [0.1, 0.15) is 30.5 Å². The second-order valence-electron chi connectivity index (χ2n) is 5.60. The Morgan fingerprint density at radius 3 is 2.65 bits per heavy atom. The lowest BCUT2D eigenvalue weighted by atomic mass is 10.1. The number of hydrogen-bond donors (Lipinski definition) is 3. The fraction of sp³-hybridized carbons (Fsp3) is 0.533. The van der Waals surface area contributed by atoms with Crippen molar-refractivity contribution in [2.75, 3.05) is 19.8 Å². The number of para-hydroxylation sites is 1. The fourth-order valence-corrected chi connectivity index (χ4v) is 1.66. The highest BCUT2D eigenvalue weighted by atomic mass is 16.5. The van der Waals surface area contributed by atoms with E-state index < -0.39 is 6.10 Å². The quantitative estimate of drug-likeness (QED) is 0.584. The van der Waals surface area contributed by atoms with Gasteiger partial charge in [-0.15, -0.1) is 0 Å². The van der Waals surface area contributed by atoms with Crippen LogP contribution in [0.3, 0.4) is 0 Å². The fourth-order valence-electron chi connectivity index (χ4n) is 1.66. The van der Waals surface area contributed by atoms with Crippen molar-refractivity contribution in [3.05, 3.63) is 29.8 Å². The molecule has 5 heteroatoms. The number of ether oxygens (including phenoxy) is 1. The van der Waals surface area contributed by atoms with Gasteiger partial charge in [0.15, 0.2) is 5.78 Å². The number of carbonyl (C=O) groups excluding carboxylic acids is 1. The van der Waals surface area contributed by atoms with Crippen LogP contribution in [-0.2, 0) is 0 Å². The van der Waals surface area contributed by atoms with Crippen molar-refractivity contribution in [2.24, 2.45) is 0 Å². The number of rotatable bonds is 8. The summed E-state index contributed by atoms with van der Waals surface area (Å²) >= 11 is 0. The lowest BCUT2D eigenvalue weighted by molar-refractivity contribution is -0.727. The average molecular weight is 282 g/mol. The molecule has 0 spiro atoms. The van der Waals surface area contributed by atoms with Gasteiger partial charge in [0.25, 0.3) is 0 Å². The zero-order valence-electron chi connectivity index (χ0n) is 12.3. The molecule has 1 rings (SSSR count). The summed E-state index contributed by atoms with van der Waals surface area (Å²) in [4.78, 5) is 11.4. The number of benzene rings is 1. The van der Waals surface area contributed by atoms with Gasteiger partial charge in [-0.2, -0.15) is 0 Å². The highest BCUT2D eigenvalue weighted by molar-refractivity contribution is 5.96. The zero-order valence-corrected chi connectivity index (χ0v) is 12.3. The van der Waals surface area contributed by atoms with E-state index in [-0.39, 0.29) is 24.5 Å². The van der Waals surface area contributed by atoms with Gasteiger partial charge < -0.3 is 20.3 Å². The summed E-state index contributed by atoms with van der Waals surface area (Å²) in [6.07, 6.45) is -0.666. The molecule has 1 aromatic rings. The summed E-state index contributed by atoms with van der Waals surface area (Å²) in [7, 11) is 0. The van der Waals surface area contributed by atoms with E-state index in [1.807, 2.05) is 19.2 Å². The first-order chi connectivity index (χ1) is 9.35. The molecule has 0 aliphatic rings. The number of hydrogen-bond acceptors (Lipinski definition) is 4. The summed E-state index contributed by atoms with van der Waals surface area (Å²) in [5, 5.41) is 20.9. The van der Waals surface area contributed by atoms with Crippen LogP contribution < -0.4 is 10.1 Å². The second kappa shape index (κ2) is 7.38. The monoisotopic (exact) mass is 282 g/mol. The summed E-state index contributed by atoms with van der Waals surface area (Å²) in [6, 6.07) is 6.97. The number of aliphatic hydroxyl groups excluding tert-OH is 2. The van der Waals surface area contributed by atoms with Crippen molar-refractivity contribution in [2.45, 2.75) is 32.4 Å². The number of aliphatic hydroxyl groups is 2. The SMILES string of the molecule is CC(=O)c1ccccc1OC[C@@H](O)C[NH2+]C(C)(C)CO. The minimum atomic E-state index is -0.666. The third-order valence-corrected chi connectivity index (χ3v) is 3.05. The molecule has 0 fully saturated rings. The topological polar surface area (TPSA) is 83.4 Å². The van der Waals surface area contributed by atoms with Crippen LogP contribution in [0, 0.1) is 0 Å².